The second-order valence-electron chi connectivity index (χ2n) is 1.38. The molecule has 1 N–H and O–H groups in total. The Bertz CT molecular complexity index is 112. The molecule has 0 spiro atoms. The number of nitrogens with zero attached hydrogens (tertiary/aromatic N) is 1. The summed E-state index contributed by atoms with van der Waals surface area (Å²) in [7, 11) is 0. The van der Waals surface area contributed by atoms with Crippen molar-refractivity contribution in [2.24, 2.45) is 0 Å². The first-order valence-electron chi connectivity index (χ1n) is 1.91. The molecule has 0 bridgehead atoms. The van der Waals surface area contributed by atoms with Crippen LogP contribution in [0.2, 0.25) is 0 Å². The first-order valence-corrected chi connectivity index (χ1v) is 1.91. The maximum atomic E-state index is 8.47. The van der Waals surface area contributed by atoms with Crippen LogP contribution in [-0.4, -0.2) is 11.2 Å². The summed E-state index contributed by atoms with van der Waals surface area (Å²) in [5.41, 5.74) is 0.488. The van der Waals surface area contributed by atoms with E-state index < -0.39 is 6.10 Å². The quantitative estimate of drug-likeness (QED) is 0.381. The van der Waals surface area contributed by atoms with Crippen LogP contribution in [0.15, 0.2) is 12.2 Å². The average molecular weight is 97.1 g/mol. The number of aliphatic hydroxyl groups excluding tert-OH is 1. The predicted molar refractivity (Wildman–Crippen MR) is 26.4 cm³/mol. The second kappa shape index (κ2) is 2.38. The van der Waals surface area contributed by atoms with Crippen molar-refractivity contribution in [2.45, 2.75) is 13.0 Å². The molecular formula is C5H7NO. The van der Waals surface area contributed by atoms with Crippen LogP contribution in [-0.2, 0) is 0 Å². The van der Waals surface area contributed by atoms with E-state index in [9.17, 15) is 0 Å². The van der Waals surface area contributed by atoms with Crippen molar-refractivity contribution < 1.29 is 5.11 Å². The smallest absolute Gasteiger partial charge is 0.161 e. The van der Waals surface area contributed by atoms with Gasteiger partial charge in [-0.3, -0.25) is 0 Å². The summed E-state index contributed by atoms with van der Waals surface area (Å²) < 4.78 is 0. The van der Waals surface area contributed by atoms with Crippen LogP contribution < -0.4 is 0 Å². The zero-order valence-corrected chi connectivity index (χ0v) is 4.18. The highest BCUT2D eigenvalue weighted by atomic mass is 16.3. The molecule has 0 aromatic heterocycles. The molecule has 1 atom stereocenters. The average Bonchev–Trinajstić information content (AvgIpc) is 1.65. The van der Waals surface area contributed by atoms with E-state index >= 15 is 0 Å². The lowest BCUT2D eigenvalue weighted by Crippen LogP contribution is -2.01. The Labute approximate surface area is 42.7 Å². The molecule has 0 unspecified atom stereocenters. The molecule has 0 aromatic rings. The molecule has 0 aliphatic heterocycles. The molecule has 2 heteroatoms. The first-order chi connectivity index (χ1) is 3.18. The summed E-state index contributed by atoms with van der Waals surface area (Å²) in [6, 6.07) is 1.62. The third-order valence-corrected chi connectivity index (χ3v) is 0.589. The largest absolute Gasteiger partial charge is 0.374 e. The van der Waals surface area contributed by atoms with Crippen LogP contribution in [0.3, 0.4) is 0 Å². The Hall–Kier alpha value is -0.810. The van der Waals surface area contributed by atoms with Gasteiger partial charge in [-0.05, 0) is 12.5 Å². The maximum Gasteiger partial charge on any atom is 0.161 e. The summed E-state index contributed by atoms with van der Waals surface area (Å²) in [5.74, 6) is 0. The molecule has 0 radical (unpaired) electrons. The lowest BCUT2D eigenvalue weighted by molar-refractivity contribution is 0.266. The van der Waals surface area contributed by atoms with Crippen molar-refractivity contribution in [1.82, 2.24) is 0 Å². The number of hydrogen-bond donors (Lipinski definition) is 1. The molecule has 0 aromatic carbocycles. The van der Waals surface area contributed by atoms with Gasteiger partial charge < -0.3 is 5.11 Å². The molecule has 2 nitrogen and oxygen atoms in total. The highest BCUT2D eigenvalue weighted by Gasteiger charge is 1.97. The molecule has 7 heavy (non-hydrogen) atoms. The van der Waals surface area contributed by atoms with E-state index in [2.05, 4.69) is 6.58 Å². The van der Waals surface area contributed by atoms with E-state index in [1.807, 2.05) is 0 Å². The number of hydrogen-bond acceptors (Lipinski definition) is 2. The van der Waals surface area contributed by atoms with Crippen molar-refractivity contribution in [3.05, 3.63) is 12.2 Å². The maximum absolute atomic E-state index is 8.47. The van der Waals surface area contributed by atoms with Gasteiger partial charge in [0, 0.05) is 0 Å². The molecule has 0 aliphatic rings. The van der Waals surface area contributed by atoms with Gasteiger partial charge in [-0.2, -0.15) is 5.26 Å². The SMILES string of the molecule is C=C(C)[C@H](O)C#N. The lowest BCUT2D eigenvalue weighted by Gasteiger charge is -1.93. The van der Waals surface area contributed by atoms with E-state index in [0.29, 0.717) is 5.57 Å². The van der Waals surface area contributed by atoms with Crippen molar-refractivity contribution in [3.8, 4) is 6.07 Å². The predicted octanol–water partition coefficient (Wildman–Crippen LogP) is 0.447. The van der Waals surface area contributed by atoms with E-state index in [1.54, 1.807) is 13.0 Å². The van der Waals surface area contributed by atoms with Gasteiger partial charge in [0.15, 0.2) is 6.10 Å². The fourth-order valence-electron chi connectivity index (χ4n) is 0.110. The van der Waals surface area contributed by atoms with Crippen molar-refractivity contribution >= 4 is 0 Å². The zero-order valence-electron chi connectivity index (χ0n) is 4.18. The third kappa shape index (κ3) is 1.96. The Morgan fingerprint density at radius 2 is 2.43 bits per heavy atom. The highest BCUT2D eigenvalue weighted by Crippen LogP contribution is 1.92. The normalized spacial score (nSPS) is 12.1. The Kier molecular flexibility index (Phi) is 2.10. The number of aliphatic hydroxyl groups is 1. The van der Waals surface area contributed by atoms with E-state index in [-0.39, 0.29) is 0 Å². The van der Waals surface area contributed by atoms with Gasteiger partial charge in [-0.15, -0.1) is 0 Å². The van der Waals surface area contributed by atoms with Crippen LogP contribution >= 0.6 is 0 Å². The van der Waals surface area contributed by atoms with Gasteiger partial charge in [-0.25, -0.2) is 0 Å². The van der Waals surface area contributed by atoms with Crippen molar-refractivity contribution in [2.75, 3.05) is 0 Å². The van der Waals surface area contributed by atoms with Crippen LogP contribution in [0.4, 0.5) is 0 Å². The molecule has 0 aliphatic carbocycles. The molecule has 0 heterocycles. The van der Waals surface area contributed by atoms with Gasteiger partial charge in [0.1, 0.15) is 0 Å². The summed E-state index contributed by atoms with van der Waals surface area (Å²) in [5, 5.41) is 16.4. The minimum Gasteiger partial charge on any atom is -0.374 e. The summed E-state index contributed by atoms with van der Waals surface area (Å²) in [6.45, 7) is 4.96. The van der Waals surface area contributed by atoms with Gasteiger partial charge in [0.2, 0.25) is 0 Å². The molecule has 0 fully saturated rings. The first kappa shape index (κ1) is 6.19. The zero-order chi connectivity index (χ0) is 5.86. The molecule has 38 valence electrons. The fraction of sp³-hybridized carbons (Fsp3) is 0.400. The standard InChI is InChI=1S/C5H7NO/c1-4(2)5(7)3-6/h5,7H,1H2,2H3/t5-/m1/s1. The third-order valence-electron chi connectivity index (χ3n) is 0.589. The van der Waals surface area contributed by atoms with Gasteiger partial charge >= 0.3 is 0 Å². The number of rotatable bonds is 1. The minimum atomic E-state index is -0.986. The Morgan fingerprint density at radius 1 is 2.00 bits per heavy atom. The van der Waals surface area contributed by atoms with Crippen LogP contribution in [0.5, 0.6) is 0 Å². The van der Waals surface area contributed by atoms with Gasteiger partial charge in [0.05, 0.1) is 6.07 Å². The topological polar surface area (TPSA) is 44.0 Å². The fourth-order valence-corrected chi connectivity index (χ4v) is 0.110. The van der Waals surface area contributed by atoms with Crippen molar-refractivity contribution in [1.29, 1.82) is 5.26 Å². The minimum absolute atomic E-state index is 0.488. The Morgan fingerprint density at radius 3 is 2.43 bits per heavy atom. The van der Waals surface area contributed by atoms with Crippen molar-refractivity contribution in [3.63, 3.8) is 0 Å². The second-order valence-corrected chi connectivity index (χ2v) is 1.38. The molecule has 0 amide bonds. The number of nitriles is 1. The summed E-state index contributed by atoms with van der Waals surface area (Å²) in [6.07, 6.45) is -0.986. The lowest BCUT2D eigenvalue weighted by atomic mass is 10.2. The van der Waals surface area contributed by atoms with Gasteiger partial charge in [0.25, 0.3) is 0 Å². The highest BCUT2D eigenvalue weighted by molar-refractivity contribution is 5.07. The molecule has 0 saturated heterocycles. The molecule has 0 rings (SSSR count). The van der Waals surface area contributed by atoms with Crippen LogP contribution in [0.1, 0.15) is 6.92 Å². The monoisotopic (exact) mass is 97.1 g/mol. The Balaban J connectivity index is 3.63. The van der Waals surface area contributed by atoms with E-state index in [1.165, 1.54) is 0 Å². The van der Waals surface area contributed by atoms with Gasteiger partial charge in [-0.1, -0.05) is 6.58 Å². The summed E-state index contributed by atoms with van der Waals surface area (Å²) >= 11 is 0. The molecule has 0 saturated carbocycles. The van der Waals surface area contributed by atoms with E-state index in [0.717, 1.165) is 0 Å². The van der Waals surface area contributed by atoms with E-state index in [4.69, 9.17) is 10.4 Å². The summed E-state index contributed by atoms with van der Waals surface area (Å²) in [4.78, 5) is 0. The van der Waals surface area contributed by atoms with Crippen LogP contribution in [0, 0.1) is 11.3 Å². The van der Waals surface area contributed by atoms with Crippen LogP contribution in [0.25, 0.3) is 0 Å². The molecular weight excluding hydrogens is 90.1 g/mol.